The first-order chi connectivity index (χ1) is 6.61. The van der Waals surface area contributed by atoms with Gasteiger partial charge in [-0.25, -0.2) is 0 Å². The van der Waals surface area contributed by atoms with Gasteiger partial charge in [0.25, 0.3) is 0 Å². The van der Waals surface area contributed by atoms with Crippen LogP contribution in [-0.2, 0) is 0 Å². The normalized spacial score (nSPS) is 10.7. The smallest absolute Gasteiger partial charge is 0.176 e. The Morgan fingerprint density at radius 3 is 2.71 bits per heavy atom. The lowest BCUT2D eigenvalue weighted by Gasteiger charge is -1.95. The first kappa shape index (κ1) is 8.81. The van der Waals surface area contributed by atoms with Crippen LogP contribution in [0.25, 0.3) is 10.9 Å². The molecule has 1 heterocycles. The van der Waals surface area contributed by atoms with E-state index < -0.39 is 0 Å². The SMILES string of the molecule is CC(=O)c1[nH]c2cccc(O)c2c1C. The van der Waals surface area contributed by atoms with Gasteiger partial charge < -0.3 is 10.1 Å². The zero-order chi connectivity index (χ0) is 10.3. The molecule has 0 saturated carbocycles. The minimum atomic E-state index is -0.0156. The minimum absolute atomic E-state index is 0.0156. The fraction of sp³-hybridized carbons (Fsp3) is 0.182. The van der Waals surface area contributed by atoms with Crippen molar-refractivity contribution in [1.82, 2.24) is 4.98 Å². The number of Topliss-reactive ketones (excluding diaryl/α,β-unsaturated/α-hetero) is 1. The highest BCUT2D eigenvalue weighted by Crippen LogP contribution is 2.29. The maximum Gasteiger partial charge on any atom is 0.176 e. The second-order valence-electron chi connectivity index (χ2n) is 3.38. The summed E-state index contributed by atoms with van der Waals surface area (Å²) in [5.41, 5.74) is 2.18. The third kappa shape index (κ3) is 1.09. The Balaban J connectivity index is 2.87. The molecule has 0 spiro atoms. The van der Waals surface area contributed by atoms with Crippen molar-refractivity contribution in [2.45, 2.75) is 13.8 Å². The third-order valence-electron chi connectivity index (χ3n) is 2.40. The summed E-state index contributed by atoms with van der Waals surface area (Å²) in [5.74, 6) is 0.196. The predicted octanol–water partition coefficient (Wildman–Crippen LogP) is 2.38. The van der Waals surface area contributed by atoms with Gasteiger partial charge in [-0.2, -0.15) is 0 Å². The molecule has 0 aliphatic carbocycles. The predicted molar refractivity (Wildman–Crippen MR) is 54.7 cm³/mol. The van der Waals surface area contributed by atoms with E-state index in [1.807, 2.05) is 13.0 Å². The topological polar surface area (TPSA) is 53.1 Å². The van der Waals surface area contributed by atoms with Gasteiger partial charge in [0.1, 0.15) is 5.75 Å². The summed E-state index contributed by atoms with van der Waals surface area (Å²) in [4.78, 5) is 14.2. The lowest BCUT2D eigenvalue weighted by molar-refractivity contribution is 0.101. The van der Waals surface area contributed by atoms with Crippen molar-refractivity contribution >= 4 is 16.7 Å². The summed E-state index contributed by atoms with van der Waals surface area (Å²) in [5, 5.41) is 10.3. The number of aromatic nitrogens is 1. The van der Waals surface area contributed by atoms with Gasteiger partial charge in [0.2, 0.25) is 0 Å². The number of nitrogens with one attached hydrogen (secondary N) is 1. The molecule has 0 fully saturated rings. The third-order valence-corrected chi connectivity index (χ3v) is 2.40. The molecule has 0 bridgehead atoms. The van der Waals surface area contributed by atoms with E-state index in [0.717, 1.165) is 16.5 Å². The number of aryl methyl sites for hydroxylation is 1. The first-order valence-corrected chi connectivity index (χ1v) is 4.42. The van der Waals surface area contributed by atoms with E-state index in [1.165, 1.54) is 6.92 Å². The van der Waals surface area contributed by atoms with Crippen molar-refractivity contribution in [3.05, 3.63) is 29.5 Å². The van der Waals surface area contributed by atoms with Gasteiger partial charge in [0.15, 0.2) is 5.78 Å². The summed E-state index contributed by atoms with van der Waals surface area (Å²) < 4.78 is 0. The number of rotatable bonds is 1. The fourth-order valence-corrected chi connectivity index (χ4v) is 1.74. The number of aromatic hydroxyl groups is 1. The van der Waals surface area contributed by atoms with Crippen molar-refractivity contribution in [3.63, 3.8) is 0 Å². The maximum absolute atomic E-state index is 11.2. The standard InChI is InChI=1S/C11H11NO2/c1-6-10-8(4-3-5-9(10)14)12-11(6)7(2)13/h3-5,12,14H,1-2H3. The van der Waals surface area contributed by atoms with Gasteiger partial charge in [-0.1, -0.05) is 6.07 Å². The van der Waals surface area contributed by atoms with Crippen molar-refractivity contribution in [3.8, 4) is 5.75 Å². The Morgan fingerprint density at radius 1 is 1.43 bits per heavy atom. The highest BCUT2D eigenvalue weighted by molar-refractivity contribution is 6.02. The maximum atomic E-state index is 11.2. The fourth-order valence-electron chi connectivity index (χ4n) is 1.74. The number of hydrogen-bond donors (Lipinski definition) is 2. The summed E-state index contributed by atoms with van der Waals surface area (Å²) in [7, 11) is 0. The van der Waals surface area contributed by atoms with Crippen LogP contribution < -0.4 is 0 Å². The number of phenolic OH excluding ortho intramolecular Hbond substituents is 1. The van der Waals surface area contributed by atoms with Crippen LogP contribution in [0.3, 0.4) is 0 Å². The molecule has 0 saturated heterocycles. The first-order valence-electron chi connectivity index (χ1n) is 4.42. The largest absolute Gasteiger partial charge is 0.507 e. The van der Waals surface area contributed by atoms with Crippen LogP contribution in [0.2, 0.25) is 0 Å². The number of fused-ring (bicyclic) bond motifs is 1. The van der Waals surface area contributed by atoms with Gasteiger partial charge in [0, 0.05) is 17.8 Å². The molecule has 0 atom stereocenters. The van der Waals surface area contributed by atoms with Crippen molar-refractivity contribution < 1.29 is 9.90 Å². The lowest BCUT2D eigenvalue weighted by Crippen LogP contribution is -1.93. The number of ketones is 1. The van der Waals surface area contributed by atoms with E-state index >= 15 is 0 Å². The Hall–Kier alpha value is -1.77. The van der Waals surface area contributed by atoms with Crippen molar-refractivity contribution in [2.24, 2.45) is 0 Å². The Labute approximate surface area is 81.4 Å². The molecule has 3 heteroatoms. The van der Waals surface area contributed by atoms with Crippen LogP contribution in [0.5, 0.6) is 5.75 Å². The van der Waals surface area contributed by atoms with Gasteiger partial charge in [-0.3, -0.25) is 4.79 Å². The second kappa shape index (κ2) is 2.87. The Morgan fingerprint density at radius 2 is 2.14 bits per heavy atom. The van der Waals surface area contributed by atoms with E-state index in [4.69, 9.17) is 0 Å². The van der Waals surface area contributed by atoms with Crippen LogP contribution in [-0.4, -0.2) is 15.9 Å². The number of phenols is 1. The van der Waals surface area contributed by atoms with Crippen molar-refractivity contribution in [1.29, 1.82) is 0 Å². The minimum Gasteiger partial charge on any atom is -0.507 e. The molecule has 0 aliphatic heterocycles. The highest BCUT2D eigenvalue weighted by Gasteiger charge is 2.13. The van der Waals surface area contributed by atoms with Gasteiger partial charge >= 0.3 is 0 Å². The average Bonchev–Trinajstić information content (AvgIpc) is 2.45. The molecular weight excluding hydrogens is 178 g/mol. The van der Waals surface area contributed by atoms with Crippen molar-refractivity contribution in [2.75, 3.05) is 0 Å². The van der Waals surface area contributed by atoms with E-state index in [1.54, 1.807) is 12.1 Å². The number of carbonyl (C=O) groups is 1. The number of hydrogen-bond acceptors (Lipinski definition) is 2. The summed E-state index contributed by atoms with van der Waals surface area (Å²) in [6, 6.07) is 5.21. The monoisotopic (exact) mass is 189 g/mol. The molecule has 2 rings (SSSR count). The summed E-state index contributed by atoms with van der Waals surface area (Å²) in [6.45, 7) is 3.34. The molecular formula is C11H11NO2. The molecule has 72 valence electrons. The number of carbonyl (C=O) groups excluding carboxylic acids is 1. The zero-order valence-electron chi connectivity index (χ0n) is 8.09. The zero-order valence-corrected chi connectivity index (χ0v) is 8.09. The van der Waals surface area contributed by atoms with E-state index in [2.05, 4.69) is 4.98 Å². The van der Waals surface area contributed by atoms with E-state index in [-0.39, 0.29) is 11.5 Å². The highest BCUT2D eigenvalue weighted by atomic mass is 16.3. The van der Waals surface area contributed by atoms with Crippen LogP contribution in [0, 0.1) is 6.92 Å². The van der Waals surface area contributed by atoms with Crippen LogP contribution in [0.15, 0.2) is 18.2 Å². The number of benzene rings is 1. The van der Waals surface area contributed by atoms with Crippen LogP contribution >= 0.6 is 0 Å². The van der Waals surface area contributed by atoms with Crippen LogP contribution in [0.1, 0.15) is 23.0 Å². The second-order valence-corrected chi connectivity index (χ2v) is 3.38. The van der Waals surface area contributed by atoms with Crippen LogP contribution in [0.4, 0.5) is 0 Å². The quantitative estimate of drug-likeness (QED) is 0.677. The summed E-state index contributed by atoms with van der Waals surface area (Å²) in [6.07, 6.45) is 0. The average molecular weight is 189 g/mol. The molecule has 3 nitrogen and oxygen atoms in total. The number of aromatic amines is 1. The van der Waals surface area contributed by atoms with E-state index in [9.17, 15) is 9.90 Å². The molecule has 1 aromatic heterocycles. The summed E-state index contributed by atoms with van der Waals surface area (Å²) >= 11 is 0. The molecule has 2 N–H and O–H groups in total. The molecule has 2 aromatic rings. The molecule has 1 aromatic carbocycles. The van der Waals surface area contributed by atoms with E-state index in [0.29, 0.717) is 5.69 Å². The molecule has 0 radical (unpaired) electrons. The molecule has 0 unspecified atom stereocenters. The lowest BCUT2D eigenvalue weighted by atomic mass is 10.1. The molecule has 0 aliphatic rings. The Bertz CT molecular complexity index is 511. The van der Waals surface area contributed by atoms with Gasteiger partial charge in [0.05, 0.1) is 5.69 Å². The molecule has 14 heavy (non-hydrogen) atoms. The molecule has 0 amide bonds. The number of H-pyrrole nitrogens is 1. The van der Waals surface area contributed by atoms with Gasteiger partial charge in [-0.15, -0.1) is 0 Å². The van der Waals surface area contributed by atoms with Gasteiger partial charge in [-0.05, 0) is 24.6 Å². The Kier molecular flexibility index (Phi) is 1.81.